The minimum Gasteiger partial charge on any atom is -0.508 e. The largest absolute Gasteiger partial charge is 0.508 e. The Kier molecular flexibility index (Phi) is 4.93. The quantitative estimate of drug-likeness (QED) is 0.918. The molecule has 2 aromatic rings. The number of phenols is 1. The summed E-state index contributed by atoms with van der Waals surface area (Å²) in [5.41, 5.74) is 1.44. The van der Waals surface area contributed by atoms with Gasteiger partial charge in [-0.2, -0.15) is 0 Å². The molecule has 1 heterocycles. The van der Waals surface area contributed by atoms with Crippen LogP contribution in [0.4, 0.5) is 0 Å². The lowest BCUT2D eigenvalue weighted by molar-refractivity contribution is 0.0716. The van der Waals surface area contributed by atoms with Crippen LogP contribution in [0.3, 0.4) is 0 Å². The molecule has 0 saturated heterocycles. The van der Waals surface area contributed by atoms with Crippen molar-refractivity contribution in [1.82, 2.24) is 9.88 Å². The standard InChI is InChI=1S/C17H20N2O2/c1-13(2)11-19(12-14-6-8-15(20)9-7-14)17(21)16-5-3-4-10-18-16/h3-10,13,20H,11-12H2,1-2H3. The van der Waals surface area contributed by atoms with Gasteiger partial charge in [-0.05, 0) is 35.7 Å². The van der Waals surface area contributed by atoms with Crippen molar-refractivity contribution in [3.63, 3.8) is 0 Å². The molecule has 0 aliphatic heterocycles. The molecule has 0 spiro atoms. The first-order chi connectivity index (χ1) is 10.1. The maximum atomic E-state index is 12.6. The second-order valence-corrected chi connectivity index (χ2v) is 5.46. The number of aromatic nitrogens is 1. The molecule has 1 aromatic carbocycles. The van der Waals surface area contributed by atoms with Crippen molar-refractivity contribution >= 4 is 5.91 Å². The van der Waals surface area contributed by atoms with Gasteiger partial charge >= 0.3 is 0 Å². The van der Waals surface area contributed by atoms with Crippen LogP contribution in [0.1, 0.15) is 29.9 Å². The second-order valence-electron chi connectivity index (χ2n) is 5.46. The highest BCUT2D eigenvalue weighted by Gasteiger charge is 2.18. The molecule has 0 aliphatic rings. The van der Waals surface area contributed by atoms with E-state index in [0.29, 0.717) is 24.7 Å². The van der Waals surface area contributed by atoms with Gasteiger partial charge in [-0.3, -0.25) is 9.78 Å². The van der Waals surface area contributed by atoms with Gasteiger partial charge < -0.3 is 10.0 Å². The Morgan fingerprint density at radius 2 is 1.90 bits per heavy atom. The molecule has 21 heavy (non-hydrogen) atoms. The number of benzene rings is 1. The lowest BCUT2D eigenvalue weighted by Gasteiger charge is -2.24. The van der Waals surface area contributed by atoms with Gasteiger partial charge in [0.25, 0.3) is 5.91 Å². The van der Waals surface area contributed by atoms with E-state index in [2.05, 4.69) is 18.8 Å². The van der Waals surface area contributed by atoms with E-state index in [0.717, 1.165) is 5.56 Å². The number of amides is 1. The molecule has 1 N–H and O–H groups in total. The third-order valence-corrected chi connectivity index (χ3v) is 3.07. The number of hydrogen-bond acceptors (Lipinski definition) is 3. The molecule has 1 amide bonds. The first-order valence-corrected chi connectivity index (χ1v) is 7.04. The molecule has 0 saturated carbocycles. The van der Waals surface area contributed by atoms with Crippen LogP contribution in [0.2, 0.25) is 0 Å². The minimum absolute atomic E-state index is 0.0719. The lowest BCUT2D eigenvalue weighted by Crippen LogP contribution is -2.34. The number of rotatable bonds is 5. The highest BCUT2D eigenvalue weighted by atomic mass is 16.3. The predicted octanol–water partition coefficient (Wildman–Crippen LogP) is 3.09. The van der Waals surface area contributed by atoms with Crippen LogP contribution >= 0.6 is 0 Å². The number of pyridine rings is 1. The zero-order valence-electron chi connectivity index (χ0n) is 12.4. The van der Waals surface area contributed by atoms with Crippen LogP contribution < -0.4 is 0 Å². The summed E-state index contributed by atoms with van der Waals surface area (Å²) in [7, 11) is 0. The summed E-state index contributed by atoms with van der Waals surface area (Å²) in [4.78, 5) is 18.5. The smallest absolute Gasteiger partial charge is 0.272 e. The monoisotopic (exact) mass is 284 g/mol. The molecule has 2 rings (SSSR count). The Morgan fingerprint density at radius 3 is 2.48 bits per heavy atom. The summed E-state index contributed by atoms with van der Waals surface area (Å²) in [6, 6.07) is 12.3. The average molecular weight is 284 g/mol. The van der Waals surface area contributed by atoms with Gasteiger partial charge in [0.1, 0.15) is 11.4 Å². The van der Waals surface area contributed by atoms with Crippen molar-refractivity contribution in [2.24, 2.45) is 5.92 Å². The predicted molar refractivity (Wildman–Crippen MR) is 81.9 cm³/mol. The number of nitrogens with zero attached hydrogens (tertiary/aromatic N) is 2. The van der Waals surface area contributed by atoms with Gasteiger partial charge in [0.2, 0.25) is 0 Å². The van der Waals surface area contributed by atoms with Crippen molar-refractivity contribution in [1.29, 1.82) is 0 Å². The molecule has 1 aromatic heterocycles. The van der Waals surface area contributed by atoms with Crippen LogP contribution in [0.15, 0.2) is 48.7 Å². The fraction of sp³-hybridized carbons (Fsp3) is 0.294. The first-order valence-electron chi connectivity index (χ1n) is 7.04. The Labute approximate surface area is 125 Å². The Balaban J connectivity index is 2.18. The molecular weight excluding hydrogens is 264 g/mol. The fourth-order valence-electron chi connectivity index (χ4n) is 2.13. The van der Waals surface area contributed by atoms with E-state index in [1.54, 1.807) is 35.4 Å². The Morgan fingerprint density at radius 1 is 1.19 bits per heavy atom. The van der Waals surface area contributed by atoms with E-state index in [4.69, 9.17) is 0 Å². The summed E-state index contributed by atoms with van der Waals surface area (Å²) in [6.07, 6.45) is 1.63. The Hall–Kier alpha value is -2.36. The van der Waals surface area contributed by atoms with Crippen molar-refractivity contribution in [2.45, 2.75) is 20.4 Å². The first kappa shape index (κ1) is 15.0. The maximum Gasteiger partial charge on any atom is 0.272 e. The normalized spacial score (nSPS) is 10.6. The van der Waals surface area contributed by atoms with E-state index in [-0.39, 0.29) is 11.7 Å². The van der Waals surface area contributed by atoms with E-state index in [1.807, 2.05) is 18.2 Å². The molecule has 0 unspecified atom stereocenters. The number of phenolic OH excluding ortho intramolecular Hbond substituents is 1. The van der Waals surface area contributed by atoms with Crippen LogP contribution in [-0.4, -0.2) is 27.4 Å². The van der Waals surface area contributed by atoms with E-state index in [1.165, 1.54) is 0 Å². The molecule has 4 heteroatoms. The van der Waals surface area contributed by atoms with E-state index < -0.39 is 0 Å². The maximum absolute atomic E-state index is 12.6. The number of aromatic hydroxyl groups is 1. The molecular formula is C17H20N2O2. The summed E-state index contributed by atoms with van der Waals surface area (Å²) in [5.74, 6) is 0.525. The fourth-order valence-corrected chi connectivity index (χ4v) is 2.13. The van der Waals surface area contributed by atoms with Gasteiger partial charge in [0, 0.05) is 19.3 Å². The summed E-state index contributed by atoms with van der Waals surface area (Å²) in [6.45, 7) is 5.33. The van der Waals surface area contributed by atoms with Crippen LogP contribution in [0, 0.1) is 5.92 Å². The lowest BCUT2D eigenvalue weighted by atomic mass is 10.1. The van der Waals surface area contributed by atoms with E-state index >= 15 is 0 Å². The second kappa shape index (κ2) is 6.88. The van der Waals surface area contributed by atoms with Gasteiger partial charge in [0.15, 0.2) is 0 Å². The van der Waals surface area contributed by atoms with E-state index in [9.17, 15) is 9.90 Å². The third kappa shape index (κ3) is 4.31. The molecule has 0 fully saturated rings. The van der Waals surface area contributed by atoms with Crippen LogP contribution in [0.5, 0.6) is 5.75 Å². The molecule has 0 atom stereocenters. The number of carbonyl (C=O) groups excluding carboxylic acids is 1. The van der Waals surface area contributed by atoms with Gasteiger partial charge in [-0.1, -0.05) is 32.0 Å². The average Bonchev–Trinajstić information content (AvgIpc) is 2.48. The zero-order valence-corrected chi connectivity index (χ0v) is 12.4. The van der Waals surface area contributed by atoms with Crippen molar-refractivity contribution in [3.8, 4) is 5.75 Å². The molecule has 4 nitrogen and oxygen atoms in total. The highest BCUT2D eigenvalue weighted by Crippen LogP contribution is 2.14. The molecule has 0 radical (unpaired) electrons. The molecule has 110 valence electrons. The number of carbonyl (C=O) groups is 1. The topological polar surface area (TPSA) is 53.4 Å². The van der Waals surface area contributed by atoms with Crippen LogP contribution in [-0.2, 0) is 6.54 Å². The SMILES string of the molecule is CC(C)CN(Cc1ccc(O)cc1)C(=O)c1ccccn1. The summed E-state index contributed by atoms with van der Waals surface area (Å²) in [5, 5.41) is 9.33. The number of hydrogen-bond donors (Lipinski definition) is 1. The summed E-state index contributed by atoms with van der Waals surface area (Å²) >= 11 is 0. The molecule has 0 aliphatic carbocycles. The summed E-state index contributed by atoms with van der Waals surface area (Å²) < 4.78 is 0. The van der Waals surface area contributed by atoms with Gasteiger partial charge in [0.05, 0.1) is 0 Å². The minimum atomic E-state index is -0.0719. The Bertz CT molecular complexity index is 579. The highest BCUT2D eigenvalue weighted by molar-refractivity contribution is 5.92. The van der Waals surface area contributed by atoms with Crippen LogP contribution in [0.25, 0.3) is 0 Å². The van der Waals surface area contributed by atoms with Crippen molar-refractivity contribution in [2.75, 3.05) is 6.54 Å². The zero-order chi connectivity index (χ0) is 15.2. The molecule has 0 bridgehead atoms. The van der Waals surface area contributed by atoms with Crippen molar-refractivity contribution in [3.05, 3.63) is 59.9 Å². The third-order valence-electron chi connectivity index (χ3n) is 3.07. The van der Waals surface area contributed by atoms with Gasteiger partial charge in [-0.25, -0.2) is 0 Å². The van der Waals surface area contributed by atoms with Gasteiger partial charge in [-0.15, -0.1) is 0 Å². The van der Waals surface area contributed by atoms with Crippen molar-refractivity contribution < 1.29 is 9.90 Å².